The number of hydrogen-bond acceptors (Lipinski definition) is 2. The van der Waals surface area contributed by atoms with Gasteiger partial charge in [0.05, 0.1) is 0 Å². The van der Waals surface area contributed by atoms with Gasteiger partial charge in [0.1, 0.15) is 0 Å². The van der Waals surface area contributed by atoms with Gasteiger partial charge in [-0.25, -0.2) is 0 Å². The molecular weight excluding hydrogens is 196 g/mol. The maximum Gasteiger partial charge on any atom is 0.0427 e. The second-order valence-corrected chi connectivity index (χ2v) is 4.51. The van der Waals surface area contributed by atoms with E-state index in [1.807, 2.05) is 13.0 Å². The normalized spacial score (nSPS) is 11.0. The van der Waals surface area contributed by atoms with Gasteiger partial charge in [0, 0.05) is 22.1 Å². The third kappa shape index (κ3) is 1.26. The number of benzene rings is 2. The molecule has 0 spiro atoms. The van der Waals surface area contributed by atoms with Crippen LogP contribution < -0.4 is 11.5 Å². The molecule has 0 bridgehead atoms. The van der Waals surface area contributed by atoms with Crippen LogP contribution in [0.25, 0.3) is 10.8 Å². The minimum Gasteiger partial charge on any atom is -0.398 e. The van der Waals surface area contributed by atoms with Crippen LogP contribution in [-0.4, -0.2) is 0 Å². The molecule has 2 nitrogen and oxygen atoms in total. The van der Waals surface area contributed by atoms with E-state index in [2.05, 4.69) is 26.8 Å². The summed E-state index contributed by atoms with van der Waals surface area (Å²) in [5.74, 6) is 0. The summed E-state index contributed by atoms with van der Waals surface area (Å²) >= 11 is 0. The van der Waals surface area contributed by atoms with E-state index in [-0.39, 0.29) is 0 Å². The number of hydrogen-bond donors (Lipinski definition) is 2. The lowest BCUT2D eigenvalue weighted by atomic mass is 9.92. The van der Waals surface area contributed by atoms with Gasteiger partial charge in [0.15, 0.2) is 0 Å². The quantitative estimate of drug-likeness (QED) is 0.661. The van der Waals surface area contributed by atoms with Crippen molar-refractivity contribution >= 4 is 22.1 Å². The van der Waals surface area contributed by atoms with Crippen LogP contribution in [0, 0.1) is 27.7 Å². The molecular formula is C14H18N2. The lowest BCUT2D eigenvalue weighted by Gasteiger charge is -2.16. The Balaban J connectivity index is 3.09. The first kappa shape index (κ1) is 10.8. The van der Waals surface area contributed by atoms with Crippen LogP contribution in [0.4, 0.5) is 11.4 Å². The summed E-state index contributed by atoms with van der Waals surface area (Å²) in [5, 5.41) is 2.18. The highest BCUT2D eigenvalue weighted by Gasteiger charge is 2.12. The number of anilines is 2. The zero-order chi connectivity index (χ0) is 12.0. The van der Waals surface area contributed by atoms with Crippen LogP contribution in [0.2, 0.25) is 0 Å². The molecule has 0 unspecified atom stereocenters. The summed E-state index contributed by atoms with van der Waals surface area (Å²) in [7, 11) is 0. The standard InChI is InChI=1S/C14H18N2/c1-7-5-6-11-12(13(7)15)9(3)8(2)10(4)14(11)16/h5-6H,15-16H2,1-4H3. The highest BCUT2D eigenvalue weighted by atomic mass is 14.6. The zero-order valence-electron chi connectivity index (χ0n) is 10.3. The van der Waals surface area contributed by atoms with E-state index in [4.69, 9.17) is 11.5 Å². The maximum atomic E-state index is 6.15. The monoisotopic (exact) mass is 214 g/mol. The van der Waals surface area contributed by atoms with Crippen molar-refractivity contribution in [3.63, 3.8) is 0 Å². The molecule has 0 saturated heterocycles. The highest BCUT2D eigenvalue weighted by molar-refractivity contribution is 6.05. The van der Waals surface area contributed by atoms with E-state index >= 15 is 0 Å². The molecule has 2 heteroatoms. The Labute approximate surface area is 96.3 Å². The van der Waals surface area contributed by atoms with Crippen molar-refractivity contribution in [3.8, 4) is 0 Å². The van der Waals surface area contributed by atoms with Gasteiger partial charge in [0.25, 0.3) is 0 Å². The van der Waals surface area contributed by atoms with Crippen LogP contribution in [-0.2, 0) is 0 Å². The van der Waals surface area contributed by atoms with Gasteiger partial charge in [-0.05, 0) is 49.9 Å². The Morgan fingerprint density at radius 2 is 1.38 bits per heavy atom. The number of rotatable bonds is 0. The Kier molecular flexibility index (Phi) is 2.30. The molecule has 0 radical (unpaired) electrons. The summed E-state index contributed by atoms with van der Waals surface area (Å²) in [5.41, 5.74) is 18.8. The predicted octanol–water partition coefficient (Wildman–Crippen LogP) is 3.24. The van der Waals surface area contributed by atoms with Crippen LogP contribution in [0.15, 0.2) is 12.1 Å². The Morgan fingerprint density at radius 3 is 2.00 bits per heavy atom. The lowest BCUT2D eigenvalue weighted by Crippen LogP contribution is -2.01. The molecule has 0 heterocycles. The largest absolute Gasteiger partial charge is 0.398 e. The van der Waals surface area contributed by atoms with E-state index in [0.29, 0.717) is 0 Å². The summed E-state index contributed by atoms with van der Waals surface area (Å²) in [6, 6.07) is 4.10. The minimum atomic E-state index is 0.852. The number of nitrogens with two attached hydrogens (primary N) is 2. The predicted molar refractivity (Wildman–Crippen MR) is 71.7 cm³/mol. The second-order valence-electron chi connectivity index (χ2n) is 4.51. The molecule has 4 N–H and O–H groups in total. The first-order valence-corrected chi connectivity index (χ1v) is 5.49. The van der Waals surface area contributed by atoms with Crippen molar-refractivity contribution in [1.82, 2.24) is 0 Å². The molecule has 0 fully saturated rings. The molecule has 2 aromatic rings. The van der Waals surface area contributed by atoms with Crippen LogP contribution in [0.3, 0.4) is 0 Å². The average Bonchev–Trinajstić information content (AvgIpc) is 2.27. The molecule has 0 saturated carbocycles. The lowest BCUT2D eigenvalue weighted by molar-refractivity contribution is 1.30. The fraction of sp³-hybridized carbons (Fsp3) is 0.286. The summed E-state index contributed by atoms with van der Waals surface area (Å²) < 4.78 is 0. The van der Waals surface area contributed by atoms with Crippen molar-refractivity contribution in [2.75, 3.05) is 11.5 Å². The van der Waals surface area contributed by atoms with E-state index in [0.717, 1.165) is 33.3 Å². The first-order chi connectivity index (χ1) is 7.45. The number of nitrogen functional groups attached to an aromatic ring is 2. The van der Waals surface area contributed by atoms with Gasteiger partial charge in [0.2, 0.25) is 0 Å². The van der Waals surface area contributed by atoms with E-state index in [1.54, 1.807) is 0 Å². The van der Waals surface area contributed by atoms with Crippen LogP contribution in [0.5, 0.6) is 0 Å². The Bertz CT molecular complexity index is 583. The van der Waals surface area contributed by atoms with Crippen LogP contribution >= 0.6 is 0 Å². The van der Waals surface area contributed by atoms with Crippen molar-refractivity contribution in [3.05, 3.63) is 34.4 Å². The van der Waals surface area contributed by atoms with Crippen molar-refractivity contribution in [2.24, 2.45) is 0 Å². The minimum absolute atomic E-state index is 0.852. The van der Waals surface area contributed by atoms with Crippen molar-refractivity contribution < 1.29 is 0 Å². The maximum absolute atomic E-state index is 6.15. The summed E-state index contributed by atoms with van der Waals surface area (Å²) in [6.45, 7) is 8.30. The molecule has 0 amide bonds. The fourth-order valence-corrected chi connectivity index (χ4v) is 2.22. The van der Waals surface area contributed by atoms with Gasteiger partial charge in [-0.3, -0.25) is 0 Å². The second kappa shape index (κ2) is 3.41. The molecule has 84 valence electrons. The molecule has 0 aliphatic carbocycles. The fourth-order valence-electron chi connectivity index (χ4n) is 2.22. The summed E-state index contributed by atoms with van der Waals surface area (Å²) in [6.07, 6.45) is 0. The van der Waals surface area contributed by atoms with E-state index < -0.39 is 0 Å². The third-order valence-corrected chi connectivity index (χ3v) is 3.66. The average molecular weight is 214 g/mol. The SMILES string of the molecule is Cc1ccc2c(N)c(C)c(C)c(C)c2c1N. The number of aryl methyl sites for hydroxylation is 2. The first-order valence-electron chi connectivity index (χ1n) is 5.49. The smallest absolute Gasteiger partial charge is 0.0427 e. The van der Waals surface area contributed by atoms with Crippen molar-refractivity contribution in [2.45, 2.75) is 27.7 Å². The summed E-state index contributed by atoms with van der Waals surface area (Å²) in [4.78, 5) is 0. The van der Waals surface area contributed by atoms with Gasteiger partial charge < -0.3 is 11.5 Å². The molecule has 2 aromatic carbocycles. The molecule has 0 aromatic heterocycles. The van der Waals surface area contributed by atoms with Crippen LogP contribution in [0.1, 0.15) is 22.3 Å². The van der Waals surface area contributed by atoms with Gasteiger partial charge in [-0.15, -0.1) is 0 Å². The van der Waals surface area contributed by atoms with Gasteiger partial charge in [-0.1, -0.05) is 12.1 Å². The topological polar surface area (TPSA) is 52.0 Å². The molecule has 0 aliphatic heterocycles. The van der Waals surface area contributed by atoms with E-state index in [1.165, 1.54) is 11.1 Å². The number of fused-ring (bicyclic) bond motifs is 1. The van der Waals surface area contributed by atoms with Crippen molar-refractivity contribution in [1.29, 1.82) is 0 Å². The zero-order valence-corrected chi connectivity index (χ0v) is 10.3. The van der Waals surface area contributed by atoms with E-state index in [9.17, 15) is 0 Å². The van der Waals surface area contributed by atoms with Gasteiger partial charge >= 0.3 is 0 Å². The Hall–Kier alpha value is -1.70. The molecule has 16 heavy (non-hydrogen) atoms. The molecule has 2 rings (SSSR count). The third-order valence-electron chi connectivity index (χ3n) is 3.66. The van der Waals surface area contributed by atoms with Gasteiger partial charge in [-0.2, -0.15) is 0 Å². The Morgan fingerprint density at radius 1 is 0.750 bits per heavy atom. The molecule has 0 aliphatic rings. The molecule has 0 atom stereocenters. The highest BCUT2D eigenvalue weighted by Crippen LogP contribution is 2.35.